The Morgan fingerprint density at radius 2 is 2.33 bits per heavy atom. The highest BCUT2D eigenvalue weighted by Gasteiger charge is 2.08. The third kappa shape index (κ3) is 6.12. The molecule has 0 aliphatic carbocycles. The fourth-order valence-electron chi connectivity index (χ4n) is 0.874. The molecule has 4 heteroatoms. The first kappa shape index (κ1) is 11.4. The van der Waals surface area contributed by atoms with Gasteiger partial charge in [-0.05, 0) is 6.42 Å². The summed E-state index contributed by atoms with van der Waals surface area (Å²) in [4.78, 5) is 10.9. The molecular weight excluding hydrogens is 158 g/mol. The Bertz CT molecular complexity index is 127. The van der Waals surface area contributed by atoms with Crippen LogP contribution in [0, 0.1) is 0 Å². The maximum absolute atomic E-state index is 10.9. The monoisotopic (exact) mass is 175 g/mol. The number of aliphatic hydroxyl groups excluding tert-OH is 1. The fourth-order valence-corrected chi connectivity index (χ4v) is 0.874. The first-order chi connectivity index (χ1) is 5.70. The van der Waals surface area contributed by atoms with Crippen molar-refractivity contribution in [1.82, 2.24) is 5.32 Å². The second-order valence-corrected chi connectivity index (χ2v) is 2.68. The van der Waals surface area contributed by atoms with E-state index in [9.17, 15) is 9.90 Å². The van der Waals surface area contributed by atoms with E-state index < -0.39 is 6.10 Å². The quantitative estimate of drug-likeness (QED) is 0.569. The summed E-state index contributed by atoms with van der Waals surface area (Å²) in [5.74, 6) is -0.169. The molecule has 0 aliphatic heterocycles. The molecule has 2 N–H and O–H groups in total. The highest BCUT2D eigenvalue weighted by Crippen LogP contribution is 2.00. The van der Waals surface area contributed by atoms with E-state index in [1.807, 2.05) is 6.92 Å². The number of hydrogen-bond donors (Lipinski definition) is 2. The van der Waals surface area contributed by atoms with E-state index in [2.05, 4.69) is 10.1 Å². The van der Waals surface area contributed by atoms with E-state index in [0.717, 1.165) is 6.42 Å². The average molecular weight is 175 g/mol. The summed E-state index contributed by atoms with van der Waals surface area (Å²) in [6, 6.07) is 0. The molecule has 0 fully saturated rings. The number of rotatable bonds is 6. The number of methoxy groups -OCH3 is 1. The molecule has 0 rings (SSSR count). The van der Waals surface area contributed by atoms with Crippen molar-refractivity contribution in [3.8, 4) is 0 Å². The lowest BCUT2D eigenvalue weighted by Crippen LogP contribution is -2.28. The van der Waals surface area contributed by atoms with Crippen LogP contribution in [0.1, 0.15) is 26.2 Å². The Morgan fingerprint density at radius 3 is 2.83 bits per heavy atom. The minimum Gasteiger partial charge on any atom is -0.393 e. The van der Waals surface area contributed by atoms with Crippen LogP contribution in [0.2, 0.25) is 0 Å². The summed E-state index contributed by atoms with van der Waals surface area (Å²) in [5.41, 5.74) is 0. The summed E-state index contributed by atoms with van der Waals surface area (Å²) in [7, 11) is 1.50. The Morgan fingerprint density at radius 1 is 1.67 bits per heavy atom. The van der Waals surface area contributed by atoms with Gasteiger partial charge in [-0.2, -0.15) is 0 Å². The molecule has 0 heterocycles. The molecule has 0 saturated carbocycles. The van der Waals surface area contributed by atoms with Gasteiger partial charge in [0.15, 0.2) is 0 Å². The number of nitrogens with one attached hydrogen (secondary N) is 1. The molecule has 0 spiro atoms. The Labute approximate surface area is 72.9 Å². The standard InChI is InChI=1S/C8H17NO3/c1-3-4-7(10)5-8(11)9-6-12-2/h7,10H,3-6H2,1-2H3,(H,9,11)/t7-/m0/s1. The first-order valence-electron chi connectivity index (χ1n) is 4.14. The van der Waals surface area contributed by atoms with E-state index in [1.165, 1.54) is 7.11 Å². The largest absolute Gasteiger partial charge is 0.393 e. The van der Waals surface area contributed by atoms with Crippen molar-refractivity contribution in [1.29, 1.82) is 0 Å². The van der Waals surface area contributed by atoms with E-state index in [-0.39, 0.29) is 19.1 Å². The number of ether oxygens (including phenoxy) is 1. The second kappa shape index (κ2) is 7.06. The van der Waals surface area contributed by atoms with Crippen LogP contribution < -0.4 is 5.32 Å². The van der Waals surface area contributed by atoms with Crippen LogP contribution in [0.4, 0.5) is 0 Å². The predicted octanol–water partition coefficient (Wildman–Crippen LogP) is 0.258. The lowest BCUT2D eigenvalue weighted by Gasteiger charge is -2.08. The molecule has 0 saturated heterocycles. The van der Waals surface area contributed by atoms with Crippen molar-refractivity contribution in [3.63, 3.8) is 0 Å². The van der Waals surface area contributed by atoms with Gasteiger partial charge in [0.05, 0.1) is 12.5 Å². The smallest absolute Gasteiger partial charge is 0.224 e. The lowest BCUT2D eigenvalue weighted by molar-refractivity contribution is -0.124. The maximum Gasteiger partial charge on any atom is 0.224 e. The Balaban J connectivity index is 3.40. The number of carbonyl (C=O) groups excluding carboxylic acids is 1. The van der Waals surface area contributed by atoms with Crippen LogP contribution in [0.5, 0.6) is 0 Å². The molecule has 0 aromatic rings. The third-order valence-corrected chi connectivity index (χ3v) is 1.46. The summed E-state index contributed by atoms with van der Waals surface area (Å²) < 4.78 is 4.64. The van der Waals surface area contributed by atoms with Crippen molar-refractivity contribution < 1.29 is 14.6 Å². The van der Waals surface area contributed by atoms with E-state index in [0.29, 0.717) is 6.42 Å². The minimum absolute atomic E-state index is 0.164. The van der Waals surface area contributed by atoms with Gasteiger partial charge in [-0.1, -0.05) is 13.3 Å². The molecule has 0 unspecified atom stereocenters. The van der Waals surface area contributed by atoms with Gasteiger partial charge in [-0.3, -0.25) is 4.79 Å². The second-order valence-electron chi connectivity index (χ2n) is 2.68. The Hall–Kier alpha value is -0.610. The Kier molecular flexibility index (Phi) is 6.70. The predicted molar refractivity (Wildman–Crippen MR) is 45.6 cm³/mol. The summed E-state index contributed by atoms with van der Waals surface area (Å²) in [6.07, 6.45) is 1.20. The van der Waals surface area contributed by atoms with Gasteiger partial charge in [0, 0.05) is 7.11 Å². The van der Waals surface area contributed by atoms with Crippen LogP contribution >= 0.6 is 0 Å². The van der Waals surface area contributed by atoms with Crippen LogP contribution in [0.3, 0.4) is 0 Å². The molecule has 0 radical (unpaired) electrons. The van der Waals surface area contributed by atoms with Gasteiger partial charge >= 0.3 is 0 Å². The van der Waals surface area contributed by atoms with Crippen LogP contribution in [-0.2, 0) is 9.53 Å². The molecule has 1 amide bonds. The van der Waals surface area contributed by atoms with Crippen LogP contribution in [-0.4, -0.2) is 31.0 Å². The van der Waals surface area contributed by atoms with Gasteiger partial charge < -0.3 is 15.2 Å². The molecule has 1 atom stereocenters. The van der Waals surface area contributed by atoms with Gasteiger partial charge in [-0.25, -0.2) is 0 Å². The summed E-state index contributed by atoms with van der Waals surface area (Å²) in [6.45, 7) is 2.17. The van der Waals surface area contributed by atoms with Gasteiger partial charge in [0.2, 0.25) is 5.91 Å². The van der Waals surface area contributed by atoms with Gasteiger partial charge in [0.1, 0.15) is 6.73 Å². The molecular formula is C8H17NO3. The average Bonchev–Trinajstić information content (AvgIpc) is 2.01. The summed E-state index contributed by atoms with van der Waals surface area (Å²) >= 11 is 0. The fraction of sp³-hybridized carbons (Fsp3) is 0.875. The van der Waals surface area contributed by atoms with Gasteiger partial charge in [-0.15, -0.1) is 0 Å². The topological polar surface area (TPSA) is 58.6 Å². The molecule has 4 nitrogen and oxygen atoms in total. The zero-order valence-electron chi connectivity index (χ0n) is 7.67. The van der Waals surface area contributed by atoms with Crippen molar-refractivity contribution in [2.45, 2.75) is 32.3 Å². The van der Waals surface area contributed by atoms with E-state index in [4.69, 9.17) is 0 Å². The SMILES string of the molecule is CCC[C@H](O)CC(=O)NCOC. The van der Waals surface area contributed by atoms with E-state index >= 15 is 0 Å². The zero-order chi connectivity index (χ0) is 9.40. The van der Waals surface area contributed by atoms with Crippen molar-refractivity contribution in [2.24, 2.45) is 0 Å². The molecule has 0 aliphatic rings. The minimum atomic E-state index is -0.521. The number of amides is 1. The van der Waals surface area contributed by atoms with E-state index in [1.54, 1.807) is 0 Å². The molecule has 0 aromatic heterocycles. The highest BCUT2D eigenvalue weighted by molar-refractivity contribution is 5.76. The van der Waals surface area contributed by atoms with Crippen LogP contribution in [0.15, 0.2) is 0 Å². The summed E-state index contributed by atoms with van der Waals surface area (Å²) in [5, 5.41) is 11.7. The van der Waals surface area contributed by atoms with Gasteiger partial charge in [0.25, 0.3) is 0 Å². The third-order valence-electron chi connectivity index (χ3n) is 1.46. The molecule has 0 bridgehead atoms. The van der Waals surface area contributed by atoms with Crippen LogP contribution in [0.25, 0.3) is 0 Å². The van der Waals surface area contributed by atoms with Crippen molar-refractivity contribution >= 4 is 5.91 Å². The lowest BCUT2D eigenvalue weighted by atomic mass is 10.1. The molecule has 0 aromatic carbocycles. The normalized spacial score (nSPS) is 12.6. The zero-order valence-corrected chi connectivity index (χ0v) is 7.67. The van der Waals surface area contributed by atoms with Crippen molar-refractivity contribution in [3.05, 3.63) is 0 Å². The number of aliphatic hydroxyl groups is 1. The number of hydrogen-bond acceptors (Lipinski definition) is 3. The highest BCUT2D eigenvalue weighted by atomic mass is 16.5. The molecule has 12 heavy (non-hydrogen) atoms. The molecule has 72 valence electrons. The first-order valence-corrected chi connectivity index (χ1v) is 4.14. The maximum atomic E-state index is 10.9. The van der Waals surface area contributed by atoms with Crippen molar-refractivity contribution in [2.75, 3.05) is 13.8 Å². The number of carbonyl (C=O) groups is 1.